The van der Waals surface area contributed by atoms with Crippen molar-refractivity contribution in [2.75, 3.05) is 0 Å². The number of ketones is 1. The van der Waals surface area contributed by atoms with E-state index in [4.69, 9.17) is 0 Å². The second kappa shape index (κ2) is 7.75. The summed E-state index contributed by atoms with van der Waals surface area (Å²) >= 11 is 0. The summed E-state index contributed by atoms with van der Waals surface area (Å²) in [6, 6.07) is 0. The maximum Gasteiger partial charge on any atom is 0.156 e. The van der Waals surface area contributed by atoms with Crippen LogP contribution in [0, 0.1) is 5.92 Å². The zero-order valence-corrected chi connectivity index (χ0v) is 14.2. The fraction of sp³-hybridized carbons (Fsp3) is 0.941. The minimum absolute atomic E-state index is 0.0334. The molecule has 3 nitrogen and oxygen atoms in total. The van der Waals surface area contributed by atoms with Crippen molar-refractivity contribution < 1.29 is 13.2 Å². The minimum atomic E-state index is -2.89. The summed E-state index contributed by atoms with van der Waals surface area (Å²) in [6.07, 6.45) is 12.0. The van der Waals surface area contributed by atoms with Gasteiger partial charge >= 0.3 is 0 Å². The van der Waals surface area contributed by atoms with Gasteiger partial charge in [-0.15, -0.1) is 0 Å². The van der Waals surface area contributed by atoms with Gasteiger partial charge in [0.1, 0.15) is 5.78 Å². The molecule has 0 spiro atoms. The highest BCUT2D eigenvalue weighted by Gasteiger charge is 2.48. The Hall–Kier alpha value is -0.380. The van der Waals surface area contributed by atoms with Gasteiger partial charge in [-0.05, 0) is 32.1 Å². The number of unbranched alkanes of at least 4 members (excludes halogenated alkanes) is 6. The molecular formula is C17H30O3S. The topological polar surface area (TPSA) is 51.2 Å². The van der Waals surface area contributed by atoms with E-state index in [0.717, 1.165) is 25.7 Å². The Morgan fingerprint density at radius 3 is 2.00 bits per heavy atom. The molecule has 2 heterocycles. The molecule has 0 aliphatic carbocycles. The molecule has 2 saturated heterocycles. The minimum Gasteiger partial charge on any atom is -0.299 e. The Kier molecular flexibility index (Phi) is 6.27. The number of Topliss-reactive ketones (excluding diaryl/α,β-unsaturated/α-hetero) is 1. The van der Waals surface area contributed by atoms with Crippen LogP contribution in [0.5, 0.6) is 0 Å². The number of hydrogen-bond acceptors (Lipinski definition) is 3. The highest BCUT2D eigenvalue weighted by molar-refractivity contribution is 7.93. The van der Waals surface area contributed by atoms with Crippen LogP contribution < -0.4 is 0 Å². The summed E-state index contributed by atoms with van der Waals surface area (Å²) in [5, 5.41) is -0.418. The number of rotatable bonds is 9. The monoisotopic (exact) mass is 314 g/mol. The second-order valence-electron chi connectivity index (χ2n) is 6.92. The largest absolute Gasteiger partial charge is 0.299 e. The standard InChI is InChI=1S/C17H30O3S/c1-2-3-4-5-6-7-8-9-17(18)14-12-15-10-11-16(13-14)21(15,19)20/h14-16H,2-13H2,1H3. The van der Waals surface area contributed by atoms with Crippen LogP contribution in [0.4, 0.5) is 0 Å². The smallest absolute Gasteiger partial charge is 0.156 e. The quantitative estimate of drug-likeness (QED) is 0.603. The van der Waals surface area contributed by atoms with Gasteiger partial charge in [0.15, 0.2) is 9.84 Å². The third-order valence-electron chi connectivity index (χ3n) is 5.32. The van der Waals surface area contributed by atoms with Crippen LogP contribution in [0.1, 0.15) is 84.0 Å². The van der Waals surface area contributed by atoms with Gasteiger partial charge in [-0.3, -0.25) is 4.79 Å². The molecule has 0 N–H and O–H groups in total. The number of carbonyl (C=O) groups is 1. The van der Waals surface area contributed by atoms with Crippen LogP contribution >= 0.6 is 0 Å². The van der Waals surface area contributed by atoms with Crippen molar-refractivity contribution in [2.24, 2.45) is 5.92 Å². The first kappa shape index (κ1) is 17.0. The fourth-order valence-electron chi connectivity index (χ4n) is 3.93. The zero-order chi connectivity index (χ0) is 15.3. The lowest BCUT2D eigenvalue weighted by molar-refractivity contribution is -0.123. The van der Waals surface area contributed by atoms with E-state index >= 15 is 0 Å². The first-order valence-electron chi connectivity index (χ1n) is 8.81. The maximum absolute atomic E-state index is 12.3. The van der Waals surface area contributed by atoms with Gasteiger partial charge in [-0.2, -0.15) is 0 Å². The first-order valence-corrected chi connectivity index (χ1v) is 10.4. The summed E-state index contributed by atoms with van der Waals surface area (Å²) in [5.74, 6) is 0.362. The van der Waals surface area contributed by atoms with E-state index in [1.165, 1.54) is 32.1 Å². The predicted octanol–water partition coefficient (Wildman–Crippen LogP) is 4.05. The van der Waals surface area contributed by atoms with Crippen molar-refractivity contribution in [3.05, 3.63) is 0 Å². The number of hydrogen-bond donors (Lipinski definition) is 0. The van der Waals surface area contributed by atoms with Crippen LogP contribution in [0.3, 0.4) is 0 Å². The van der Waals surface area contributed by atoms with E-state index in [-0.39, 0.29) is 16.4 Å². The third kappa shape index (κ3) is 4.30. The highest BCUT2D eigenvalue weighted by atomic mass is 32.2. The predicted molar refractivity (Wildman–Crippen MR) is 86.1 cm³/mol. The molecule has 0 aromatic carbocycles. The van der Waals surface area contributed by atoms with Gasteiger partial charge in [0.05, 0.1) is 10.5 Å². The van der Waals surface area contributed by atoms with Gasteiger partial charge < -0.3 is 0 Å². The van der Waals surface area contributed by atoms with E-state index in [2.05, 4.69) is 6.92 Å². The summed E-state index contributed by atoms with van der Waals surface area (Å²) in [7, 11) is -2.89. The molecule has 2 unspecified atom stereocenters. The summed E-state index contributed by atoms with van der Waals surface area (Å²) in [4.78, 5) is 12.3. The van der Waals surface area contributed by atoms with Crippen molar-refractivity contribution in [2.45, 2.75) is 94.5 Å². The Balaban J connectivity index is 1.64. The zero-order valence-electron chi connectivity index (χ0n) is 13.4. The Labute approximate surface area is 129 Å². The first-order chi connectivity index (χ1) is 10.1. The van der Waals surface area contributed by atoms with Crippen LogP contribution in [-0.2, 0) is 14.6 Å². The average Bonchev–Trinajstić information content (AvgIpc) is 2.66. The summed E-state index contributed by atoms with van der Waals surface area (Å²) in [5.41, 5.74) is 0. The summed E-state index contributed by atoms with van der Waals surface area (Å²) < 4.78 is 24.0. The van der Waals surface area contributed by atoms with Gasteiger partial charge in [0, 0.05) is 12.3 Å². The molecule has 0 aromatic rings. The normalized spacial score (nSPS) is 30.4. The fourth-order valence-corrected chi connectivity index (χ4v) is 6.41. The molecule has 2 aliphatic rings. The molecule has 2 rings (SSSR count). The number of carbonyl (C=O) groups excluding carboxylic acids is 1. The molecule has 0 radical (unpaired) electrons. The molecule has 0 aromatic heterocycles. The molecule has 2 bridgehead atoms. The van der Waals surface area contributed by atoms with Crippen molar-refractivity contribution in [3.8, 4) is 0 Å². The molecule has 4 heteroatoms. The average molecular weight is 314 g/mol. The molecule has 0 saturated carbocycles. The van der Waals surface area contributed by atoms with E-state index < -0.39 is 9.84 Å². The maximum atomic E-state index is 12.3. The number of fused-ring (bicyclic) bond motifs is 2. The molecule has 0 amide bonds. The molecule has 2 aliphatic heterocycles. The van der Waals surface area contributed by atoms with Gasteiger partial charge in [0.2, 0.25) is 0 Å². The number of sulfone groups is 1. The Morgan fingerprint density at radius 1 is 0.905 bits per heavy atom. The van der Waals surface area contributed by atoms with Crippen LogP contribution in [-0.4, -0.2) is 24.7 Å². The van der Waals surface area contributed by atoms with E-state index in [9.17, 15) is 13.2 Å². The molecular weight excluding hydrogens is 284 g/mol. The van der Waals surface area contributed by atoms with Crippen LogP contribution in [0.15, 0.2) is 0 Å². The van der Waals surface area contributed by atoms with Crippen molar-refractivity contribution in [3.63, 3.8) is 0 Å². The van der Waals surface area contributed by atoms with Crippen molar-refractivity contribution in [1.82, 2.24) is 0 Å². The lowest BCUT2D eigenvalue weighted by atomic mass is 9.91. The highest BCUT2D eigenvalue weighted by Crippen LogP contribution is 2.41. The molecule has 2 atom stereocenters. The van der Waals surface area contributed by atoms with E-state index in [0.29, 0.717) is 25.0 Å². The lowest BCUT2D eigenvalue weighted by Crippen LogP contribution is -2.36. The molecule has 2 fully saturated rings. The second-order valence-corrected chi connectivity index (χ2v) is 9.43. The van der Waals surface area contributed by atoms with Gasteiger partial charge in [-0.25, -0.2) is 8.42 Å². The lowest BCUT2D eigenvalue weighted by Gasteiger charge is -2.26. The Bertz CT molecular complexity index is 421. The van der Waals surface area contributed by atoms with Crippen molar-refractivity contribution >= 4 is 15.6 Å². The Morgan fingerprint density at radius 2 is 1.43 bits per heavy atom. The van der Waals surface area contributed by atoms with Crippen LogP contribution in [0.25, 0.3) is 0 Å². The molecule has 21 heavy (non-hydrogen) atoms. The van der Waals surface area contributed by atoms with Crippen molar-refractivity contribution in [1.29, 1.82) is 0 Å². The third-order valence-corrected chi connectivity index (χ3v) is 8.03. The molecule has 122 valence electrons. The van der Waals surface area contributed by atoms with Gasteiger partial charge in [-0.1, -0.05) is 45.4 Å². The SMILES string of the molecule is CCCCCCCCCC(=O)C1CC2CCC(C1)S2(=O)=O. The van der Waals surface area contributed by atoms with E-state index in [1.807, 2.05) is 0 Å². The van der Waals surface area contributed by atoms with E-state index in [1.54, 1.807) is 0 Å². The van der Waals surface area contributed by atoms with Crippen LogP contribution in [0.2, 0.25) is 0 Å². The summed E-state index contributed by atoms with van der Waals surface area (Å²) in [6.45, 7) is 2.22. The van der Waals surface area contributed by atoms with Gasteiger partial charge in [0.25, 0.3) is 0 Å².